The maximum absolute atomic E-state index is 9.26. The molecule has 0 amide bonds. The van der Waals surface area contributed by atoms with Gasteiger partial charge in [-0.2, -0.15) is 5.26 Å². The van der Waals surface area contributed by atoms with Gasteiger partial charge >= 0.3 is 0 Å². The molecule has 1 atom stereocenters. The fourth-order valence-corrected chi connectivity index (χ4v) is 2.25. The standard InChI is InChI=1S/C10H16N2O2/c11-7-10(8-14-6-3-12-10)9-1-4-13-5-2-9/h9,12H,1-6,8H2. The predicted molar refractivity (Wildman–Crippen MR) is 50.7 cm³/mol. The van der Waals surface area contributed by atoms with Crippen LogP contribution in [0.15, 0.2) is 0 Å². The van der Waals surface area contributed by atoms with Gasteiger partial charge in [0.2, 0.25) is 0 Å². The van der Waals surface area contributed by atoms with Gasteiger partial charge in [-0.25, -0.2) is 0 Å². The summed E-state index contributed by atoms with van der Waals surface area (Å²) < 4.78 is 10.7. The van der Waals surface area contributed by atoms with Gasteiger partial charge in [-0.15, -0.1) is 0 Å². The molecule has 78 valence electrons. The highest BCUT2D eigenvalue weighted by Gasteiger charge is 2.41. The Morgan fingerprint density at radius 2 is 2.00 bits per heavy atom. The first-order chi connectivity index (χ1) is 6.87. The van der Waals surface area contributed by atoms with Crippen molar-refractivity contribution >= 4 is 0 Å². The Bertz CT molecular complexity index is 225. The topological polar surface area (TPSA) is 54.3 Å². The van der Waals surface area contributed by atoms with Gasteiger partial charge in [-0.1, -0.05) is 0 Å². The zero-order valence-electron chi connectivity index (χ0n) is 8.29. The third-order valence-electron chi connectivity index (χ3n) is 3.13. The molecule has 0 bridgehead atoms. The highest BCUT2D eigenvalue weighted by molar-refractivity contribution is 5.12. The van der Waals surface area contributed by atoms with Crippen LogP contribution in [0.1, 0.15) is 12.8 Å². The van der Waals surface area contributed by atoms with Crippen molar-refractivity contribution in [1.29, 1.82) is 5.26 Å². The van der Waals surface area contributed by atoms with Gasteiger partial charge in [0.1, 0.15) is 5.54 Å². The first kappa shape index (κ1) is 9.91. The number of hydrogen-bond donors (Lipinski definition) is 1. The minimum atomic E-state index is -0.456. The molecule has 0 aliphatic carbocycles. The van der Waals surface area contributed by atoms with Gasteiger partial charge in [0, 0.05) is 19.8 Å². The lowest BCUT2D eigenvalue weighted by atomic mass is 9.80. The number of morpholine rings is 1. The minimum Gasteiger partial charge on any atom is -0.381 e. The van der Waals surface area contributed by atoms with E-state index in [0.29, 0.717) is 19.1 Å². The molecular formula is C10H16N2O2. The fourth-order valence-electron chi connectivity index (χ4n) is 2.25. The fraction of sp³-hybridized carbons (Fsp3) is 0.900. The van der Waals surface area contributed by atoms with Crippen LogP contribution in [0.5, 0.6) is 0 Å². The monoisotopic (exact) mass is 196 g/mol. The van der Waals surface area contributed by atoms with Crippen molar-refractivity contribution in [2.24, 2.45) is 5.92 Å². The second-order valence-electron chi connectivity index (χ2n) is 3.95. The third kappa shape index (κ3) is 1.76. The molecule has 0 aromatic heterocycles. The molecule has 4 nitrogen and oxygen atoms in total. The van der Waals surface area contributed by atoms with Crippen LogP contribution in [-0.4, -0.2) is 38.5 Å². The van der Waals surface area contributed by atoms with Gasteiger partial charge in [0.15, 0.2) is 0 Å². The summed E-state index contributed by atoms with van der Waals surface area (Å²) in [5.74, 6) is 0.376. The van der Waals surface area contributed by atoms with Gasteiger partial charge in [-0.3, -0.25) is 5.32 Å². The van der Waals surface area contributed by atoms with Crippen molar-refractivity contribution in [1.82, 2.24) is 5.32 Å². The van der Waals surface area contributed by atoms with E-state index in [1.54, 1.807) is 0 Å². The van der Waals surface area contributed by atoms with Crippen LogP contribution in [0.2, 0.25) is 0 Å². The summed E-state index contributed by atoms with van der Waals surface area (Å²) in [5, 5.41) is 12.6. The highest BCUT2D eigenvalue weighted by atomic mass is 16.5. The number of ether oxygens (including phenoxy) is 2. The number of rotatable bonds is 1. The Morgan fingerprint density at radius 1 is 1.21 bits per heavy atom. The Labute approximate surface area is 84.2 Å². The van der Waals surface area contributed by atoms with Crippen LogP contribution < -0.4 is 5.32 Å². The van der Waals surface area contributed by atoms with E-state index >= 15 is 0 Å². The quantitative estimate of drug-likeness (QED) is 0.655. The smallest absolute Gasteiger partial charge is 0.133 e. The van der Waals surface area contributed by atoms with E-state index in [2.05, 4.69) is 11.4 Å². The van der Waals surface area contributed by atoms with Crippen LogP contribution >= 0.6 is 0 Å². The van der Waals surface area contributed by atoms with Gasteiger partial charge < -0.3 is 9.47 Å². The zero-order chi connectivity index (χ0) is 9.86. The molecule has 2 aliphatic heterocycles. The van der Waals surface area contributed by atoms with Crippen LogP contribution in [0.25, 0.3) is 0 Å². The second kappa shape index (κ2) is 4.26. The lowest BCUT2D eigenvalue weighted by Crippen LogP contribution is -2.59. The summed E-state index contributed by atoms with van der Waals surface area (Å²) in [6.45, 7) is 3.57. The van der Waals surface area contributed by atoms with E-state index in [4.69, 9.17) is 9.47 Å². The molecule has 0 aromatic carbocycles. The van der Waals surface area contributed by atoms with Crippen molar-refractivity contribution in [2.45, 2.75) is 18.4 Å². The molecular weight excluding hydrogens is 180 g/mol. The molecule has 1 unspecified atom stereocenters. The zero-order valence-corrected chi connectivity index (χ0v) is 8.29. The van der Waals surface area contributed by atoms with Gasteiger partial charge in [-0.05, 0) is 18.8 Å². The molecule has 0 spiro atoms. The molecule has 1 N–H and O–H groups in total. The van der Waals surface area contributed by atoms with Gasteiger partial charge in [0.25, 0.3) is 0 Å². The van der Waals surface area contributed by atoms with E-state index < -0.39 is 5.54 Å². The van der Waals surface area contributed by atoms with E-state index in [-0.39, 0.29) is 0 Å². The van der Waals surface area contributed by atoms with Gasteiger partial charge in [0.05, 0.1) is 19.3 Å². The van der Waals surface area contributed by atoms with Crippen molar-refractivity contribution in [3.8, 4) is 6.07 Å². The number of hydrogen-bond acceptors (Lipinski definition) is 4. The van der Waals surface area contributed by atoms with Crippen molar-refractivity contribution in [2.75, 3.05) is 33.0 Å². The van der Waals surface area contributed by atoms with Crippen LogP contribution in [-0.2, 0) is 9.47 Å². The van der Waals surface area contributed by atoms with Crippen LogP contribution in [0.3, 0.4) is 0 Å². The summed E-state index contributed by atoms with van der Waals surface area (Å²) in [7, 11) is 0. The summed E-state index contributed by atoms with van der Waals surface area (Å²) in [5.41, 5.74) is -0.456. The number of nitrogens with zero attached hydrogens (tertiary/aromatic N) is 1. The average Bonchev–Trinajstić information content (AvgIpc) is 2.31. The highest BCUT2D eigenvalue weighted by Crippen LogP contribution is 2.28. The Hall–Kier alpha value is -0.630. The van der Waals surface area contributed by atoms with E-state index in [1.165, 1.54) is 0 Å². The number of nitriles is 1. The normalized spacial score (nSPS) is 35.1. The number of nitrogens with one attached hydrogen (secondary N) is 1. The van der Waals surface area contributed by atoms with E-state index in [0.717, 1.165) is 32.6 Å². The van der Waals surface area contributed by atoms with Crippen LogP contribution in [0.4, 0.5) is 0 Å². The molecule has 2 heterocycles. The van der Waals surface area contributed by atoms with E-state index in [9.17, 15) is 5.26 Å². The molecule has 0 aromatic rings. The predicted octanol–water partition coefficient (Wildman–Crippen LogP) is 0.295. The first-order valence-electron chi connectivity index (χ1n) is 5.19. The largest absolute Gasteiger partial charge is 0.381 e. The molecule has 0 saturated carbocycles. The maximum Gasteiger partial charge on any atom is 0.133 e. The molecule has 4 heteroatoms. The van der Waals surface area contributed by atoms with E-state index in [1.807, 2.05) is 0 Å². The summed E-state index contributed by atoms with van der Waals surface area (Å²) >= 11 is 0. The molecule has 14 heavy (non-hydrogen) atoms. The summed E-state index contributed by atoms with van der Waals surface area (Å²) in [6, 6.07) is 2.40. The Morgan fingerprint density at radius 3 is 2.57 bits per heavy atom. The Kier molecular flexibility index (Phi) is 3.02. The lowest BCUT2D eigenvalue weighted by Gasteiger charge is -2.40. The van der Waals surface area contributed by atoms with Crippen molar-refractivity contribution < 1.29 is 9.47 Å². The average molecular weight is 196 g/mol. The van der Waals surface area contributed by atoms with Crippen molar-refractivity contribution in [3.63, 3.8) is 0 Å². The first-order valence-corrected chi connectivity index (χ1v) is 5.19. The maximum atomic E-state index is 9.26. The van der Waals surface area contributed by atoms with Crippen molar-refractivity contribution in [3.05, 3.63) is 0 Å². The molecule has 2 rings (SSSR count). The summed E-state index contributed by atoms with van der Waals surface area (Å²) in [4.78, 5) is 0. The Balaban J connectivity index is 2.06. The molecule has 0 radical (unpaired) electrons. The van der Waals surface area contributed by atoms with Crippen LogP contribution in [0, 0.1) is 17.2 Å². The minimum absolute atomic E-state index is 0.376. The molecule has 2 fully saturated rings. The SMILES string of the molecule is N#CC1(C2CCOCC2)COCCN1. The third-order valence-corrected chi connectivity index (χ3v) is 3.13. The molecule has 2 saturated heterocycles. The lowest BCUT2D eigenvalue weighted by molar-refractivity contribution is -0.0153. The molecule has 2 aliphatic rings. The summed E-state index contributed by atoms with van der Waals surface area (Å²) in [6.07, 6.45) is 1.92. The second-order valence-corrected chi connectivity index (χ2v) is 3.95.